The van der Waals surface area contributed by atoms with Gasteiger partial charge in [0, 0.05) is 6.54 Å². The average molecular weight is 957 g/mol. The fraction of sp³-hybridized carbons (Fsp3) is 0.692. The van der Waals surface area contributed by atoms with E-state index in [1.54, 1.807) is 13.8 Å². The Bertz CT molecular complexity index is 1750. The number of carboxylic acid groups (broad SMARTS) is 1. The van der Waals surface area contributed by atoms with Crippen LogP contribution in [-0.2, 0) is 52.7 Å². The molecule has 0 saturated heterocycles. The van der Waals surface area contributed by atoms with E-state index >= 15 is 0 Å². The lowest BCUT2D eigenvalue weighted by atomic mass is 9.97. The van der Waals surface area contributed by atoms with E-state index < -0.39 is 139 Å². The molecule has 24 N–H and O–H groups in total. The van der Waals surface area contributed by atoms with Crippen LogP contribution in [0.2, 0.25) is 0 Å². The predicted molar refractivity (Wildman–Crippen MR) is 241 cm³/mol. The summed E-state index contributed by atoms with van der Waals surface area (Å²) in [6.45, 7) is 5.02. The monoisotopic (exact) mass is 957 g/mol. The Hall–Kier alpha value is -6.68. The maximum absolute atomic E-state index is 13.9. The molecule has 0 spiro atoms. The van der Waals surface area contributed by atoms with Gasteiger partial charge in [0.15, 0.2) is 5.96 Å². The quantitative estimate of drug-likeness (QED) is 0.0159. The molecule has 9 atom stereocenters. The molecule has 67 heavy (non-hydrogen) atoms. The third kappa shape index (κ3) is 25.0. The van der Waals surface area contributed by atoms with Crippen LogP contribution in [0, 0.1) is 5.92 Å². The van der Waals surface area contributed by atoms with Gasteiger partial charge >= 0.3 is 5.97 Å². The molecule has 10 amide bonds. The molecule has 380 valence electrons. The van der Waals surface area contributed by atoms with E-state index in [1.807, 2.05) is 0 Å². The second kappa shape index (κ2) is 32.1. The molecule has 0 saturated carbocycles. The molecule has 0 aromatic carbocycles. The molecule has 0 heterocycles. The predicted octanol–water partition coefficient (Wildman–Crippen LogP) is -7.20. The van der Waals surface area contributed by atoms with Gasteiger partial charge in [-0.05, 0) is 70.9 Å². The number of carbonyl (C=O) groups is 11. The first-order valence-electron chi connectivity index (χ1n) is 21.8. The van der Waals surface area contributed by atoms with Crippen LogP contribution >= 0.6 is 0 Å². The summed E-state index contributed by atoms with van der Waals surface area (Å²) in [5.41, 5.74) is 44.1. The van der Waals surface area contributed by atoms with Crippen molar-refractivity contribution >= 4 is 71.0 Å². The van der Waals surface area contributed by atoms with Gasteiger partial charge in [-0.25, -0.2) is 0 Å². The van der Waals surface area contributed by atoms with E-state index in [0.29, 0.717) is 32.2 Å². The highest BCUT2D eigenvalue weighted by atomic mass is 16.4. The van der Waals surface area contributed by atoms with E-state index in [-0.39, 0.29) is 51.2 Å². The fourth-order valence-electron chi connectivity index (χ4n) is 6.09. The first-order valence-corrected chi connectivity index (χ1v) is 21.8. The number of rotatable bonds is 35. The normalized spacial score (nSPS) is 14.9. The highest BCUT2D eigenvalue weighted by Crippen LogP contribution is 2.11. The Morgan fingerprint density at radius 1 is 0.493 bits per heavy atom. The van der Waals surface area contributed by atoms with Gasteiger partial charge in [0.2, 0.25) is 59.1 Å². The van der Waals surface area contributed by atoms with Crippen LogP contribution in [0.4, 0.5) is 0 Å². The molecule has 28 heteroatoms. The van der Waals surface area contributed by atoms with Gasteiger partial charge in [-0.3, -0.25) is 57.7 Å². The Labute approximate surface area is 388 Å². The summed E-state index contributed by atoms with van der Waals surface area (Å²) >= 11 is 0. The minimum absolute atomic E-state index is 0.0517. The SMILES string of the molecule is CCC(C)C(NC(=O)C(CC(N)=O)NC(=O)C(CC(N)=O)NC(=O)C(CCCCN)NC(=O)C(CC(N)=O)NC(=O)C(CCCN=C(N)N)NC(=O)C(N)CCCCN)C(=O)NC(C)C(=O)O. The minimum atomic E-state index is -1.86. The number of unbranched alkanes of at least 4 members (excludes halogenated alkanes) is 2. The zero-order chi connectivity index (χ0) is 51.4. The number of primary amides is 3. The number of guanidine groups is 1. The van der Waals surface area contributed by atoms with Crippen molar-refractivity contribution < 1.29 is 57.8 Å². The molecular weight excluding hydrogens is 885 g/mol. The van der Waals surface area contributed by atoms with Gasteiger partial charge in [0.05, 0.1) is 25.3 Å². The smallest absolute Gasteiger partial charge is 0.325 e. The highest BCUT2D eigenvalue weighted by molar-refractivity contribution is 6.00. The molecule has 0 rings (SSSR count). The van der Waals surface area contributed by atoms with E-state index in [0.717, 1.165) is 0 Å². The molecular formula is C39H72N16O12. The van der Waals surface area contributed by atoms with Crippen LogP contribution in [0.1, 0.15) is 97.8 Å². The topological polar surface area (TPSA) is 513 Å². The van der Waals surface area contributed by atoms with Crippen LogP contribution in [0.3, 0.4) is 0 Å². The van der Waals surface area contributed by atoms with Gasteiger partial charge in [-0.2, -0.15) is 0 Å². The van der Waals surface area contributed by atoms with E-state index in [2.05, 4.69) is 42.2 Å². The summed E-state index contributed by atoms with van der Waals surface area (Å²) in [6.07, 6.45) is -0.399. The largest absolute Gasteiger partial charge is 0.480 e. The maximum Gasteiger partial charge on any atom is 0.325 e. The summed E-state index contributed by atoms with van der Waals surface area (Å²) in [5.74, 6) is -12.6. The van der Waals surface area contributed by atoms with Crippen molar-refractivity contribution in [1.29, 1.82) is 0 Å². The second-order valence-corrected chi connectivity index (χ2v) is 15.9. The lowest BCUT2D eigenvalue weighted by Crippen LogP contribution is -2.61. The maximum atomic E-state index is 13.9. The summed E-state index contributed by atoms with van der Waals surface area (Å²) in [5, 5.41) is 25.7. The number of carboxylic acids is 1. The summed E-state index contributed by atoms with van der Waals surface area (Å²) < 4.78 is 0. The zero-order valence-electron chi connectivity index (χ0n) is 38.3. The lowest BCUT2D eigenvalue weighted by Gasteiger charge is -2.28. The lowest BCUT2D eigenvalue weighted by molar-refractivity contribution is -0.142. The van der Waals surface area contributed by atoms with Crippen LogP contribution in [0.15, 0.2) is 4.99 Å². The summed E-state index contributed by atoms with van der Waals surface area (Å²) in [6, 6.07) is -12.0. The second-order valence-electron chi connectivity index (χ2n) is 15.9. The summed E-state index contributed by atoms with van der Waals surface area (Å²) in [4.78, 5) is 146. The van der Waals surface area contributed by atoms with Gasteiger partial charge in [-0.15, -0.1) is 0 Å². The molecule has 9 unspecified atom stereocenters. The summed E-state index contributed by atoms with van der Waals surface area (Å²) in [7, 11) is 0. The Kier molecular flexibility index (Phi) is 28.9. The Morgan fingerprint density at radius 3 is 1.25 bits per heavy atom. The molecule has 28 nitrogen and oxygen atoms in total. The number of hydrogen-bond donors (Lipinski definition) is 16. The van der Waals surface area contributed by atoms with Gasteiger partial charge in [0.1, 0.15) is 42.3 Å². The molecule has 0 bridgehead atoms. The number of aliphatic carboxylic acids is 1. The number of nitrogens with two attached hydrogens (primary N) is 8. The number of hydrogen-bond acceptors (Lipinski definition) is 15. The molecule has 0 aliphatic carbocycles. The molecule has 0 radical (unpaired) electrons. The van der Waals surface area contributed by atoms with Crippen LogP contribution in [0.5, 0.6) is 0 Å². The first-order chi connectivity index (χ1) is 31.4. The van der Waals surface area contributed by atoms with Crippen molar-refractivity contribution in [2.24, 2.45) is 56.8 Å². The van der Waals surface area contributed by atoms with E-state index in [9.17, 15) is 57.8 Å². The van der Waals surface area contributed by atoms with Crippen molar-refractivity contribution in [2.75, 3.05) is 19.6 Å². The van der Waals surface area contributed by atoms with Crippen LogP contribution in [-0.4, -0.2) is 144 Å². The molecule has 0 aliphatic rings. The zero-order valence-corrected chi connectivity index (χ0v) is 38.3. The number of carbonyl (C=O) groups excluding carboxylic acids is 10. The van der Waals surface area contributed by atoms with Crippen LogP contribution in [0.25, 0.3) is 0 Å². The average Bonchev–Trinajstić information content (AvgIpc) is 3.24. The first kappa shape index (κ1) is 60.3. The highest BCUT2D eigenvalue weighted by Gasteiger charge is 2.36. The number of amides is 10. The van der Waals surface area contributed by atoms with Gasteiger partial charge < -0.3 is 88.2 Å². The van der Waals surface area contributed by atoms with Crippen molar-refractivity contribution in [1.82, 2.24) is 37.2 Å². The Morgan fingerprint density at radius 2 is 0.866 bits per heavy atom. The molecule has 0 fully saturated rings. The number of nitrogens with zero attached hydrogens (tertiary/aromatic N) is 1. The molecule has 0 aromatic heterocycles. The third-order valence-corrected chi connectivity index (χ3v) is 10.1. The molecule has 0 aromatic rings. The van der Waals surface area contributed by atoms with Crippen molar-refractivity contribution in [3.05, 3.63) is 0 Å². The van der Waals surface area contributed by atoms with Gasteiger partial charge in [-0.1, -0.05) is 26.7 Å². The number of nitrogens with one attached hydrogen (secondary N) is 7. The van der Waals surface area contributed by atoms with Crippen molar-refractivity contribution in [3.8, 4) is 0 Å². The van der Waals surface area contributed by atoms with Crippen LogP contribution < -0.4 is 83.1 Å². The van der Waals surface area contributed by atoms with Gasteiger partial charge in [0.25, 0.3) is 0 Å². The van der Waals surface area contributed by atoms with Crippen molar-refractivity contribution in [3.63, 3.8) is 0 Å². The minimum Gasteiger partial charge on any atom is -0.480 e. The third-order valence-electron chi connectivity index (χ3n) is 10.1. The number of aliphatic imine (C=N–C) groups is 1. The fourth-order valence-corrected chi connectivity index (χ4v) is 6.09. The van der Waals surface area contributed by atoms with Crippen molar-refractivity contribution in [2.45, 2.75) is 146 Å². The Balaban J connectivity index is 6.63. The van der Waals surface area contributed by atoms with E-state index in [4.69, 9.17) is 45.9 Å². The molecule has 0 aliphatic heterocycles. The van der Waals surface area contributed by atoms with E-state index in [1.165, 1.54) is 6.92 Å². The standard InChI is InChI=1S/C39H72N16O12/c1-4-19(2)30(37(65)49-20(3)38(66)67)55-36(64)26(18-29(45)58)54-35(63)25(17-28(44)57)53-32(60)22(11-6-8-14-41)51-34(62)24(16-27(43)56)52-33(61)23(12-9-15-48-39(46)47)50-31(59)21(42)10-5-7-13-40/h19-26,30H,4-18,40-42H2,1-3H3,(H2,43,56)(H2,44,57)(H2,45,58)(H,49,65)(H,50,59)(H,51,62)(H,52,61)(H,53,60)(H,54,63)(H,55,64)(H,66,67)(H4,46,47,48).